The van der Waals surface area contributed by atoms with Crippen LogP contribution in [0.4, 0.5) is 0 Å². The molecule has 0 radical (unpaired) electrons. The zero-order valence-corrected chi connectivity index (χ0v) is 18.7. The number of hydrogen-bond donors (Lipinski definition) is 2. The minimum absolute atomic E-state index is 0.117. The van der Waals surface area contributed by atoms with Gasteiger partial charge in [-0.15, -0.1) is 5.10 Å². The summed E-state index contributed by atoms with van der Waals surface area (Å²) in [7, 11) is 1.59. The van der Waals surface area contributed by atoms with E-state index in [0.717, 1.165) is 34.4 Å². The third-order valence-corrected chi connectivity index (χ3v) is 5.85. The van der Waals surface area contributed by atoms with Gasteiger partial charge in [-0.05, 0) is 55.2 Å². The van der Waals surface area contributed by atoms with E-state index in [-0.39, 0.29) is 5.90 Å². The maximum Gasteiger partial charge on any atom is 0.244 e. The average molecular weight is 431 g/mol. The van der Waals surface area contributed by atoms with E-state index in [1.54, 1.807) is 7.11 Å². The minimum Gasteiger partial charge on any atom is -0.493 e. The maximum absolute atomic E-state index is 9.94. The Morgan fingerprint density at radius 2 is 1.97 bits per heavy atom. The van der Waals surface area contributed by atoms with Gasteiger partial charge in [-0.1, -0.05) is 25.1 Å². The molecule has 2 N–H and O–H groups in total. The SMILES string of the molecule is CCCOc1ccc(C2c3c(n[nH]c3-c3ccc(C)c(C)c3)OC(=N)C2C#N)cc1OC. The molecule has 1 aliphatic rings. The van der Waals surface area contributed by atoms with Crippen LogP contribution in [0.1, 0.15) is 41.5 Å². The van der Waals surface area contributed by atoms with Gasteiger partial charge in [0.2, 0.25) is 11.8 Å². The minimum atomic E-state index is -0.794. The van der Waals surface area contributed by atoms with Gasteiger partial charge >= 0.3 is 0 Å². The monoisotopic (exact) mass is 430 g/mol. The Balaban J connectivity index is 1.87. The number of nitrogens with zero attached hydrogens (tertiary/aromatic N) is 2. The number of aromatic amines is 1. The highest BCUT2D eigenvalue weighted by atomic mass is 16.5. The van der Waals surface area contributed by atoms with E-state index in [0.29, 0.717) is 24.0 Å². The summed E-state index contributed by atoms with van der Waals surface area (Å²) in [5, 5.41) is 25.7. The summed E-state index contributed by atoms with van der Waals surface area (Å²) >= 11 is 0. The highest BCUT2D eigenvalue weighted by Crippen LogP contribution is 2.47. The van der Waals surface area contributed by atoms with Gasteiger partial charge < -0.3 is 14.2 Å². The zero-order chi connectivity index (χ0) is 22.8. The smallest absolute Gasteiger partial charge is 0.244 e. The molecule has 2 atom stereocenters. The summed E-state index contributed by atoms with van der Waals surface area (Å²) in [6.07, 6.45) is 0.885. The van der Waals surface area contributed by atoms with Crippen molar-refractivity contribution < 1.29 is 14.2 Å². The highest BCUT2D eigenvalue weighted by molar-refractivity contribution is 5.86. The lowest BCUT2D eigenvalue weighted by atomic mass is 9.78. The van der Waals surface area contributed by atoms with Crippen molar-refractivity contribution >= 4 is 5.90 Å². The Labute approximate surface area is 187 Å². The molecule has 2 unspecified atom stereocenters. The van der Waals surface area contributed by atoms with E-state index in [2.05, 4.69) is 42.2 Å². The largest absolute Gasteiger partial charge is 0.493 e. The van der Waals surface area contributed by atoms with Crippen molar-refractivity contribution in [2.24, 2.45) is 5.92 Å². The van der Waals surface area contributed by atoms with Gasteiger partial charge in [-0.25, -0.2) is 0 Å². The molecule has 164 valence electrons. The third-order valence-electron chi connectivity index (χ3n) is 5.85. The summed E-state index contributed by atoms with van der Waals surface area (Å²) in [4.78, 5) is 0. The number of rotatable bonds is 6. The van der Waals surface area contributed by atoms with Crippen molar-refractivity contribution in [3.63, 3.8) is 0 Å². The fraction of sp³-hybridized carbons (Fsp3) is 0.320. The standard InChI is InChI=1S/C25H26N4O3/c1-5-10-31-19-9-8-16(12-20(19)30-4)21-18(13-26)24(27)32-25-22(21)23(28-29-25)17-7-6-14(2)15(3)11-17/h6-9,11-12,18,21,27H,5,10H2,1-4H3,(H,28,29). The zero-order valence-electron chi connectivity index (χ0n) is 18.7. The lowest BCUT2D eigenvalue weighted by Gasteiger charge is -2.28. The molecule has 7 heteroatoms. The summed E-state index contributed by atoms with van der Waals surface area (Å²) in [5.74, 6) is 0.204. The van der Waals surface area contributed by atoms with Gasteiger partial charge in [-0.2, -0.15) is 5.26 Å². The van der Waals surface area contributed by atoms with Gasteiger partial charge in [0.05, 0.1) is 31.0 Å². The lowest BCUT2D eigenvalue weighted by molar-refractivity contribution is 0.294. The lowest BCUT2D eigenvalue weighted by Crippen LogP contribution is -2.30. The summed E-state index contributed by atoms with van der Waals surface area (Å²) in [6, 6.07) is 14.1. The topological polar surface area (TPSA) is 104 Å². The number of aryl methyl sites for hydroxylation is 2. The van der Waals surface area contributed by atoms with E-state index in [1.165, 1.54) is 5.56 Å². The molecule has 4 rings (SSSR count). The molecule has 0 amide bonds. The number of nitriles is 1. The molecule has 0 fully saturated rings. The van der Waals surface area contributed by atoms with Crippen LogP contribution in [0.2, 0.25) is 0 Å². The Morgan fingerprint density at radius 1 is 1.16 bits per heavy atom. The maximum atomic E-state index is 9.94. The van der Waals surface area contributed by atoms with Gasteiger partial charge in [0.15, 0.2) is 11.5 Å². The average Bonchev–Trinajstić information content (AvgIpc) is 3.21. The Kier molecular flexibility index (Phi) is 5.87. The van der Waals surface area contributed by atoms with Crippen LogP contribution in [-0.2, 0) is 0 Å². The van der Waals surface area contributed by atoms with Crippen LogP contribution in [0.25, 0.3) is 11.3 Å². The van der Waals surface area contributed by atoms with E-state index >= 15 is 0 Å². The van der Waals surface area contributed by atoms with E-state index in [1.807, 2.05) is 31.2 Å². The predicted octanol–water partition coefficient (Wildman–Crippen LogP) is 5.13. The number of hydrogen-bond acceptors (Lipinski definition) is 6. The van der Waals surface area contributed by atoms with Gasteiger partial charge in [-0.3, -0.25) is 10.5 Å². The predicted molar refractivity (Wildman–Crippen MR) is 122 cm³/mol. The number of H-pyrrole nitrogens is 1. The fourth-order valence-corrected chi connectivity index (χ4v) is 4.00. The van der Waals surface area contributed by atoms with Crippen molar-refractivity contribution in [2.75, 3.05) is 13.7 Å². The van der Waals surface area contributed by atoms with Gasteiger partial charge in [0.25, 0.3) is 0 Å². The Hall–Kier alpha value is -3.79. The summed E-state index contributed by atoms with van der Waals surface area (Å²) in [6.45, 7) is 6.75. The molecule has 2 aromatic carbocycles. The molecule has 0 bridgehead atoms. The molecule has 1 aromatic heterocycles. The molecule has 1 aliphatic heterocycles. The van der Waals surface area contributed by atoms with Crippen molar-refractivity contribution in [3.8, 4) is 34.7 Å². The van der Waals surface area contributed by atoms with Crippen LogP contribution in [0, 0.1) is 36.5 Å². The molecule has 2 heterocycles. The molecule has 0 spiro atoms. The van der Waals surface area contributed by atoms with Crippen LogP contribution in [0.3, 0.4) is 0 Å². The number of fused-ring (bicyclic) bond motifs is 1. The molecular weight excluding hydrogens is 404 g/mol. The van der Waals surface area contributed by atoms with Crippen LogP contribution in [-0.4, -0.2) is 29.8 Å². The molecule has 3 aromatic rings. The van der Waals surface area contributed by atoms with Crippen LogP contribution in [0.15, 0.2) is 36.4 Å². The Morgan fingerprint density at radius 3 is 2.66 bits per heavy atom. The van der Waals surface area contributed by atoms with Crippen molar-refractivity contribution in [2.45, 2.75) is 33.1 Å². The van der Waals surface area contributed by atoms with Crippen molar-refractivity contribution in [1.82, 2.24) is 10.2 Å². The number of ether oxygens (including phenoxy) is 3. The van der Waals surface area contributed by atoms with E-state index < -0.39 is 11.8 Å². The number of methoxy groups -OCH3 is 1. The fourth-order valence-electron chi connectivity index (χ4n) is 4.00. The second-order valence-electron chi connectivity index (χ2n) is 7.93. The Bertz CT molecular complexity index is 1210. The summed E-state index contributed by atoms with van der Waals surface area (Å²) in [5.41, 5.74) is 5.68. The molecule has 32 heavy (non-hydrogen) atoms. The van der Waals surface area contributed by atoms with Crippen LogP contribution < -0.4 is 14.2 Å². The van der Waals surface area contributed by atoms with Crippen molar-refractivity contribution in [1.29, 1.82) is 10.7 Å². The third kappa shape index (κ3) is 3.69. The molecule has 0 aliphatic carbocycles. The summed E-state index contributed by atoms with van der Waals surface area (Å²) < 4.78 is 17.0. The molecule has 7 nitrogen and oxygen atoms in total. The number of benzene rings is 2. The second-order valence-corrected chi connectivity index (χ2v) is 7.93. The quantitative estimate of drug-likeness (QED) is 0.564. The first kappa shape index (κ1) is 21.4. The molecular formula is C25H26N4O3. The van der Waals surface area contributed by atoms with E-state index in [9.17, 15) is 5.26 Å². The highest BCUT2D eigenvalue weighted by Gasteiger charge is 2.41. The first-order valence-corrected chi connectivity index (χ1v) is 10.6. The van der Waals surface area contributed by atoms with Gasteiger partial charge in [0.1, 0.15) is 5.92 Å². The van der Waals surface area contributed by atoms with Crippen LogP contribution >= 0.6 is 0 Å². The number of aromatic nitrogens is 2. The molecule has 0 saturated carbocycles. The number of nitrogens with one attached hydrogen (secondary N) is 2. The van der Waals surface area contributed by atoms with Crippen molar-refractivity contribution in [3.05, 3.63) is 58.7 Å². The normalized spacial score (nSPS) is 17.3. The second kappa shape index (κ2) is 8.75. The van der Waals surface area contributed by atoms with Gasteiger partial charge in [0, 0.05) is 11.5 Å². The first-order chi connectivity index (χ1) is 15.5. The van der Waals surface area contributed by atoms with E-state index in [4.69, 9.17) is 19.6 Å². The molecule has 0 saturated heterocycles. The van der Waals surface area contributed by atoms with Crippen LogP contribution in [0.5, 0.6) is 17.4 Å². The first-order valence-electron chi connectivity index (χ1n) is 10.6.